The summed E-state index contributed by atoms with van der Waals surface area (Å²) in [7, 11) is 2.04. The zero-order chi connectivity index (χ0) is 14.6. The molecule has 2 amide bonds. The largest absolute Gasteiger partial charge is 0.481 e. The van der Waals surface area contributed by atoms with Crippen LogP contribution in [0, 0.1) is 0 Å². The molecule has 0 saturated carbocycles. The average Bonchev–Trinajstić information content (AvgIpc) is 2.28. The second-order valence-corrected chi connectivity index (χ2v) is 5.32. The maximum Gasteiger partial charge on any atom is 0.320 e. The van der Waals surface area contributed by atoms with Gasteiger partial charge in [-0.05, 0) is 27.8 Å². The normalized spacial score (nSPS) is 22.1. The van der Waals surface area contributed by atoms with Gasteiger partial charge in [0.2, 0.25) is 0 Å². The molecule has 0 aromatic rings. The first-order valence-electron chi connectivity index (χ1n) is 6.84. The molecule has 0 aromatic carbocycles. The fourth-order valence-electron chi connectivity index (χ4n) is 2.59. The SMILES string of the molecule is CCN(C(=O)N1CCN(C)CC1C)C(C)CC(=O)O. The van der Waals surface area contributed by atoms with Crippen LogP contribution in [0.5, 0.6) is 0 Å². The van der Waals surface area contributed by atoms with E-state index in [1.807, 2.05) is 25.8 Å². The standard InChI is InChI=1S/C13H25N3O3/c1-5-15(10(2)8-12(17)18)13(19)16-7-6-14(4)9-11(16)3/h10-11H,5-9H2,1-4H3,(H,17,18). The first-order chi connectivity index (χ1) is 8.86. The quantitative estimate of drug-likeness (QED) is 0.826. The number of piperazine rings is 1. The number of aliphatic carboxylic acids is 1. The highest BCUT2D eigenvalue weighted by molar-refractivity contribution is 5.76. The van der Waals surface area contributed by atoms with Crippen molar-refractivity contribution in [3.8, 4) is 0 Å². The second kappa shape index (κ2) is 6.75. The van der Waals surface area contributed by atoms with Crippen molar-refractivity contribution in [3.63, 3.8) is 0 Å². The summed E-state index contributed by atoms with van der Waals surface area (Å²) < 4.78 is 0. The Morgan fingerprint density at radius 1 is 1.42 bits per heavy atom. The van der Waals surface area contributed by atoms with Crippen LogP contribution in [0.25, 0.3) is 0 Å². The van der Waals surface area contributed by atoms with Gasteiger partial charge in [-0.1, -0.05) is 0 Å². The number of carbonyl (C=O) groups is 2. The lowest BCUT2D eigenvalue weighted by molar-refractivity contribution is -0.138. The molecular weight excluding hydrogens is 246 g/mol. The highest BCUT2D eigenvalue weighted by Gasteiger charge is 2.31. The van der Waals surface area contributed by atoms with Gasteiger partial charge in [-0.15, -0.1) is 0 Å². The van der Waals surface area contributed by atoms with Gasteiger partial charge in [0, 0.05) is 38.3 Å². The lowest BCUT2D eigenvalue weighted by Gasteiger charge is -2.41. The number of rotatable bonds is 4. The molecule has 0 aromatic heterocycles. The highest BCUT2D eigenvalue weighted by atomic mass is 16.4. The Hall–Kier alpha value is -1.30. The van der Waals surface area contributed by atoms with Gasteiger partial charge in [-0.25, -0.2) is 4.79 Å². The number of nitrogens with zero attached hydrogens (tertiary/aromatic N) is 3. The van der Waals surface area contributed by atoms with Crippen LogP contribution in [0.3, 0.4) is 0 Å². The van der Waals surface area contributed by atoms with Crippen LogP contribution in [-0.2, 0) is 4.79 Å². The lowest BCUT2D eigenvalue weighted by atomic mass is 10.2. The van der Waals surface area contributed by atoms with E-state index in [1.54, 1.807) is 11.8 Å². The summed E-state index contributed by atoms with van der Waals surface area (Å²) in [5.41, 5.74) is 0. The molecule has 1 aliphatic rings. The maximum atomic E-state index is 12.5. The van der Waals surface area contributed by atoms with Crippen LogP contribution < -0.4 is 0 Å². The van der Waals surface area contributed by atoms with Crippen molar-refractivity contribution in [2.75, 3.05) is 33.2 Å². The summed E-state index contributed by atoms with van der Waals surface area (Å²) in [5, 5.41) is 8.85. The number of likely N-dealkylation sites (N-methyl/N-ethyl adjacent to an activating group) is 1. The van der Waals surface area contributed by atoms with Crippen LogP contribution in [-0.4, -0.2) is 77.1 Å². The molecule has 6 heteroatoms. The molecule has 1 fully saturated rings. The monoisotopic (exact) mass is 271 g/mol. The summed E-state index contributed by atoms with van der Waals surface area (Å²) in [6, 6.07) is -0.156. The predicted octanol–water partition coefficient (Wildman–Crippen LogP) is 0.927. The third kappa shape index (κ3) is 4.09. The van der Waals surface area contributed by atoms with Gasteiger partial charge in [-0.3, -0.25) is 4.79 Å². The fraction of sp³-hybridized carbons (Fsp3) is 0.846. The zero-order valence-electron chi connectivity index (χ0n) is 12.3. The van der Waals surface area contributed by atoms with Crippen molar-refractivity contribution in [1.29, 1.82) is 0 Å². The van der Waals surface area contributed by atoms with Gasteiger partial charge >= 0.3 is 12.0 Å². The molecule has 0 bridgehead atoms. The van der Waals surface area contributed by atoms with E-state index in [0.29, 0.717) is 13.1 Å². The Morgan fingerprint density at radius 2 is 2.05 bits per heavy atom. The summed E-state index contributed by atoms with van der Waals surface area (Å²) >= 11 is 0. The number of urea groups is 1. The topological polar surface area (TPSA) is 64.1 Å². The smallest absolute Gasteiger partial charge is 0.320 e. The zero-order valence-corrected chi connectivity index (χ0v) is 12.3. The van der Waals surface area contributed by atoms with E-state index in [4.69, 9.17) is 5.11 Å². The van der Waals surface area contributed by atoms with E-state index in [-0.39, 0.29) is 24.5 Å². The van der Waals surface area contributed by atoms with Crippen LogP contribution in [0.15, 0.2) is 0 Å². The molecule has 1 saturated heterocycles. The molecule has 6 nitrogen and oxygen atoms in total. The number of carbonyl (C=O) groups excluding carboxylic acids is 1. The Bertz CT molecular complexity index is 335. The average molecular weight is 271 g/mol. The van der Waals surface area contributed by atoms with Crippen molar-refractivity contribution in [2.45, 2.75) is 39.3 Å². The Kier molecular flexibility index (Phi) is 5.60. The molecule has 1 rings (SSSR count). The lowest BCUT2D eigenvalue weighted by Crippen LogP contribution is -2.57. The van der Waals surface area contributed by atoms with Gasteiger partial charge in [0.05, 0.1) is 6.42 Å². The van der Waals surface area contributed by atoms with Crippen molar-refractivity contribution in [2.24, 2.45) is 0 Å². The minimum absolute atomic E-state index is 0.0122. The van der Waals surface area contributed by atoms with Crippen molar-refractivity contribution in [1.82, 2.24) is 14.7 Å². The molecule has 19 heavy (non-hydrogen) atoms. The van der Waals surface area contributed by atoms with Crippen LogP contribution in [0.2, 0.25) is 0 Å². The molecule has 110 valence electrons. The van der Waals surface area contributed by atoms with E-state index in [0.717, 1.165) is 13.1 Å². The van der Waals surface area contributed by atoms with Gasteiger partial charge in [-0.2, -0.15) is 0 Å². The molecule has 0 radical (unpaired) electrons. The summed E-state index contributed by atoms with van der Waals surface area (Å²) in [6.07, 6.45) is -0.0122. The third-order valence-electron chi connectivity index (χ3n) is 3.66. The Labute approximate surface area is 115 Å². The molecule has 1 aliphatic heterocycles. The molecule has 1 N–H and O–H groups in total. The van der Waals surface area contributed by atoms with Gasteiger partial charge in [0.25, 0.3) is 0 Å². The minimum Gasteiger partial charge on any atom is -0.481 e. The van der Waals surface area contributed by atoms with Crippen molar-refractivity contribution in [3.05, 3.63) is 0 Å². The van der Waals surface area contributed by atoms with E-state index < -0.39 is 5.97 Å². The summed E-state index contributed by atoms with van der Waals surface area (Å²) in [4.78, 5) is 29.0. The molecule has 2 unspecified atom stereocenters. The van der Waals surface area contributed by atoms with E-state index >= 15 is 0 Å². The van der Waals surface area contributed by atoms with Gasteiger partial charge in [0.1, 0.15) is 0 Å². The number of hydrogen-bond acceptors (Lipinski definition) is 3. The van der Waals surface area contributed by atoms with Crippen LogP contribution in [0.1, 0.15) is 27.2 Å². The Morgan fingerprint density at radius 3 is 2.53 bits per heavy atom. The first kappa shape index (κ1) is 15.8. The first-order valence-corrected chi connectivity index (χ1v) is 6.84. The highest BCUT2D eigenvalue weighted by Crippen LogP contribution is 2.14. The molecule has 0 aliphatic carbocycles. The molecular formula is C13H25N3O3. The summed E-state index contributed by atoms with van der Waals surface area (Å²) in [5.74, 6) is -0.870. The van der Waals surface area contributed by atoms with E-state index in [2.05, 4.69) is 4.90 Å². The number of amides is 2. The predicted molar refractivity (Wildman–Crippen MR) is 73.2 cm³/mol. The minimum atomic E-state index is -0.870. The second-order valence-electron chi connectivity index (χ2n) is 5.32. The third-order valence-corrected chi connectivity index (χ3v) is 3.66. The van der Waals surface area contributed by atoms with Gasteiger partial charge < -0.3 is 19.8 Å². The molecule has 2 atom stereocenters. The van der Waals surface area contributed by atoms with Gasteiger partial charge in [0.15, 0.2) is 0 Å². The van der Waals surface area contributed by atoms with Crippen LogP contribution >= 0.6 is 0 Å². The maximum absolute atomic E-state index is 12.5. The van der Waals surface area contributed by atoms with E-state index in [9.17, 15) is 9.59 Å². The van der Waals surface area contributed by atoms with Crippen LogP contribution in [0.4, 0.5) is 4.79 Å². The molecule has 0 spiro atoms. The fourth-order valence-corrected chi connectivity index (χ4v) is 2.59. The number of hydrogen-bond donors (Lipinski definition) is 1. The van der Waals surface area contributed by atoms with E-state index in [1.165, 1.54) is 0 Å². The summed E-state index contributed by atoms with van der Waals surface area (Å²) in [6.45, 7) is 8.66. The van der Waals surface area contributed by atoms with Crippen molar-refractivity contribution < 1.29 is 14.7 Å². The number of carboxylic acid groups (broad SMARTS) is 1. The Balaban J connectivity index is 2.70. The molecule has 1 heterocycles. The van der Waals surface area contributed by atoms with Crippen molar-refractivity contribution >= 4 is 12.0 Å². The number of carboxylic acids is 1.